The molecule has 3 heteroatoms. The van der Waals surface area contributed by atoms with Gasteiger partial charge in [-0.2, -0.15) is 0 Å². The van der Waals surface area contributed by atoms with Gasteiger partial charge in [0.05, 0.1) is 4.47 Å². The second-order valence-corrected chi connectivity index (χ2v) is 3.14. The Labute approximate surface area is 67.6 Å². The Morgan fingerprint density at radius 1 is 1.50 bits per heavy atom. The van der Waals surface area contributed by atoms with Crippen LogP contribution < -0.4 is 5.43 Å². The van der Waals surface area contributed by atoms with E-state index >= 15 is 0 Å². The minimum atomic E-state index is 0.0677. The molecule has 0 spiro atoms. The van der Waals surface area contributed by atoms with E-state index in [1.165, 1.54) is 0 Å². The number of nitrogens with zero attached hydrogens (tertiary/aromatic N) is 1. The molecule has 1 heterocycles. The van der Waals surface area contributed by atoms with Gasteiger partial charge >= 0.3 is 0 Å². The van der Waals surface area contributed by atoms with Crippen LogP contribution in [0, 0.1) is 6.92 Å². The molecule has 0 saturated carbocycles. The molecule has 0 bridgehead atoms. The topological polar surface area (TPSA) is 22.0 Å². The van der Waals surface area contributed by atoms with Crippen molar-refractivity contribution in [3.05, 3.63) is 32.7 Å². The average molecular weight is 202 g/mol. The van der Waals surface area contributed by atoms with Crippen LogP contribution >= 0.6 is 15.9 Å². The Morgan fingerprint density at radius 2 is 2.10 bits per heavy atom. The summed E-state index contributed by atoms with van der Waals surface area (Å²) in [5, 5.41) is 0. The standard InChI is InChI=1S/C7H8BrNO/c1-5-3-9(2)4-6(8)7(5)10/h3-4H,1-2H3. The first-order valence-electron chi connectivity index (χ1n) is 2.93. The lowest BCUT2D eigenvalue weighted by molar-refractivity contribution is 0.883. The van der Waals surface area contributed by atoms with E-state index in [4.69, 9.17) is 0 Å². The minimum Gasteiger partial charge on any atom is -0.356 e. The van der Waals surface area contributed by atoms with E-state index in [0.717, 1.165) is 5.56 Å². The van der Waals surface area contributed by atoms with E-state index in [9.17, 15) is 4.79 Å². The first kappa shape index (κ1) is 7.54. The summed E-state index contributed by atoms with van der Waals surface area (Å²) in [4.78, 5) is 11.1. The Balaban J connectivity index is 3.46. The van der Waals surface area contributed by atoms with Crippen LogP contribution in [0.15, 0.2) is 21.7 Å². The van der Waals surface area contributed by atoms with Crippen LogP contribution in [0.3, 0.4) is 0 Å². The summed E-state index contributed by atoms with van der Waals surface area (Å²) in [5.41, 5.74) is 0.829. The van der Waals surface area contributed by atoms with Crippen molar-refractivity contribution in [2.45, 2.75) is 6.92 Å². The van der Waals surface area contributed by atoms with Crippen molar-refractivity contribution in [1.29, 1.82) is 0 Å². The second-order valence-electron chi connectivity index (χ2n) is 2.28. The smallest absolute Gasteiger partial charge is 0.198 e. The average Bonchev–Trinajstić information content (AvgIpc) is 1.82. The van der Waals surface area contributed by atoms with Gasteiger partial charge in [-0.1, -0.05) is 0 Å². The highest BCUT2D eigenvalue weighted by Gasteiger charge is 1.97. The summed E-state index contributed by atoms with van der Waals surface area (Å²) in [6.45, 7) is 1.80. The predicted molar refractivity (Wildman–Crippen MR) is 44.1 cm³/mol. The van der Waals surface area contributed by atoms with Crippen molar-refractivity contribution in [1.82, 2.24) is 4.57 Å². The molecule has 0 unspecified atom stereocenters. The van der Waals surface area contributed by atoms with Crippen molar-refractivity contribution in [2.24, 2.45) is 7.05 Å². The predicted octanol–water partition coefficient (Wildman–Crippen LogP) is 1.46. The van der Waals surface area contributed by atoms with Crippen LogP contribution in [0.2, 0.25) is 0 Å². The zero-order valence-corrected chi connectivity index (χ0v) is 7.47. The third kappa shape index (κ3) is 1.29. The van der Waals surface area contributed by atoms with Crippen molar-refractivity contribution in [3.63, 3.8) is 0 Å². The molecule has 1 aromatic rings. The van der Waals surface area contributed by atoms with Gasteiger partial charge in [-0.05, 0) is 22.9 Å². The fourth-order valence-electron chi connectivity index (χ4n) is 0.827. The Bertz CT molecular complexity index is 277. The molecule has 0 aromatic carbocycles. The van der Waals surface area contributed by atoms with Crippen LogP contribution in [-0.4, -0.2) is 4.57 Å². The van der Waals surface area contributed by atoms with Crippen LogP contribution in [0.25, 0.3) is 0 Å². The molecule has 0 aliphatic heterocycles. The molecule has 1 rings (SSSR count). The van der Waals surface area contributed by atoms with Gasteiger partial charge in [-0.3, -0.25) is 4.79 Å². The van der Waals surface area contributed by atoms with E-state index in [2.05, 4.69) is 15.9 Å². The zero-order valence-electron chi connectivity index (χ0n) is 5.89. The molecule has 10 heavy (non-hydrogen) atoms. The Kier molecular flexibility index (Phi) is 1.94. The number of hydrogen-bond donors (Lipinski definition) is 0. The van der Waals surface area contributed by atoms with Gasteiger partial charge in [0.15, 0.2) is 5.43 Å². The Hall–Kier alpha value is -0.570. The van der Waals surface area contributed by atoms with Gasteiger partial charge in [0.25, 0.3) is 0 Å². The molecule has 0 aliphatic carbocycles. The number of halogens is 1. The summed E-state index contributed by atoms with van der Waals surface area (Å²) in [7, 11) is 1.89. The zero-order chi connectivity index (χ0) is 7.72. The number of aryl methyl sites for hydroxylation is 2. The fourth-order valence-corrected chi connectivity index (χ4v) is 1.46. The molecule has 0 radical (unpaired) electrons. The molecule has 54 valence electrons. The molecule has 0 aliphatic rings. The highest BCUT2D eigenvalue weighted by atomic mass is 79.9. The van der Waals surface area contributed by atoms with E-state index in [1.807, 2.05) is 11.6 Å². The normalized spacial score (nSPS) is 9.90. The van der Waals surface area contributed by atoms with Crippen LogP contribution in [0.4, 0.5) is 0 Å². The lowest BCUT2D eigenvalue weighted by Gasteiger charge is -1.98. The molecule has 0 fully saturated rings. The highest BCUT2D eigenvalue weighted by Crippen LogP contribution is 2.02. The summed E-state index contributed by atoms with van der Waals surface area (Å²) < 4.78 is 2.47. The van der Waals surface area contributed by atoms with Crippen molar-refractivity contribution >= 4 is 15.9 Å². The SMILES string of the molecule is Cc1cn(C)cc(Br)c1=O. The van der Waals surface area contributed by atoms with Crippen molar-refractivity contribution in [3.8, 4) is 0 Å². The molecular formula is C7H8BrNO. The maximum atomic E-state index is 11.1. The van der Waals surface area contributed by atoms with Crippen LogP contribution in [0.5, 0.6) is 0 Å². The lowest BCUT2D eigenvalue weighted by atomic mass is 10.3. The molecule has 0 N–H and O–H groups in total. The summed E-state index contributed by atoms with van der Waals surface area (Å²) in [6, 6.07) is 0. The molecule has 2 nitrogen and oxygen atoms in total. The van der Waals surface area contributed by atoms with E-state index in [0.29, 0.717) is 4.47 Å². The largest absolute Gasteiger partial charge is 0.356 e. The summed E-state index contributed by atoms with van der Waals surface area (Å²) in [5.74, 6) is 0. The highest BCUT2D eigenvalue weighted by molar-refractivity contribution is 9.10. The third-order valence-corrected chi connectivity index (χ3v) is 1.85. The van der Waals surface area contributed by atoms with Gasteiger partial charge in [-0.25, -0.2) is 0 Å². The quantitative estimate of drug-likeness (QED) is 0.624. The first-order valence-corrected chi connectivity index (χ1v) is 3.73. The number of aromatic nitrogens is 1. The Morgan fingerprint density at radius 3 is 2.60 bits per heavy atom. The molecule has 1 aromatic heterocycles. The monoisotopic (exact) mass is 201 g/mol. The molecular weight excluding hydrogens is 194 g/mol. The van der Waals surface area contributed by atoms with E-state index in [-0.39, 0.29) is 5.43 Å². The third-order valence-electron chi connectivity index (χ3n) is 1.29. The number of hydrogen-bond acceptors (Lipinski definition) is 1. The van der Waals surface area contributed by atoms with Gasteiger partial charge in [0.2, 0.25) is 0 Å². The summed E-state index contributed by atoms with van der Waals surface area (Å²) >= 11 is 3.16. The second kappa shape index (κ2) is 2.58. The van der Waals surface area contributed by atoms with Gasteiger partial charge in [-0.15, -0.1) is 0 Å². The van der Waals surface area contributed by atoms with Crippen molar-refractivity contribution < 1.29 is 0 Å². The van der Waals surface area contributed by atoms with Gasteiger partial charge in [0, 0.05) is 25.0 Å². The van der Waals surface area contributed by atoms with Gasteiger partial charge < -0.3 is 4.57 Å². The number of rotatable bonds is 0. The molecule has 0 atom stereocenters. The minimum absolute atomic E-state index is 0.0677. The van der Waals surface area contributed by atoms with E-state index in [1.54, 1.807) is 19.3 Å². The maximum absolute atomic E-state index is 11.1. The van der Waals surface area contributed by atoms with Gasteiger partial charge in [0.1, 0.15) is 0 Å². The molecule has 0 saturated heterocycles. The van der Waals surface area contributed by atoms with Crippen LogP contribution in [-0.2, 0) is 7.05 Å². The van der Waals surface area contributed by atoms with E-state index < -0.39 is 0 Å². The summed E-state index contributed by atoms with van der Waals surface area (Å²) in [6.07, 6.45) is 3.54. The van der Waals surface area contributed by atoms with Crippen LogP contribution in [0.1, 0.15) is 5.56 Å². The molecule has 0 amide bonds. The number of pyridine rings is 1. The van der Waals surface area contributed by atoms with Crippen molar-refractivity contribution in [2.75, 3.05) is 0 Å². The fraction of sp³-hybridized carbons (Fsp3) is 0.286. The first-order chi connectivity index (χ1) is 4.61. The lowest BCUT2D eigenvalue weighted by Crippen LogP contribution is -2.08. The maximum Gasteiger partial charge on any atom is 0.198 e.